The van der Waals surface area contributed by atoms with E-state index in [-0.39, 0.29) is 21.9 Å². The van der Waals surface area contributed by atoms with Gasteiger partial charge < -0.3 is 11.1 Å². The lowest BCUT2D eigenvalue weighted by Gasteiger charge is -2.12. The van der Waals surface area contributed by atoms with E-state index in [2.05, 4.69) is 5.32 Å². The molecule has 0 heterocycles. The first-order valence-corrected chi connectivity index (χ1v) is 5.81. The molecule has 2 aromatic rings. The molecule has 0 fully saturated rings. The molecule has 3 N–H and O–H groups in total. The van der Waals surface area contributed by atoms with Crippen LogP contribution in [-0.2, 0) is 0 Å². The molecular weight excluding hydrogens is 292 g/mol. The lowest BCUT2D eigenvalue weighted by Crippen LogP contribution is -2.14. The average Bonchev–Trinajstić information content (AvgIpc) is 2.35. The molecule has 2 aromatic carbocycles. The van der Waals surface area contributed by atoms with Crippen molar-refractivity contribution < 1.29 is 17.6 Å². The molecule has 104 valence electrons. The zero-order chi connectivity index (χ0) is 14.9. The van der Waals surface area contributed by atoms with E-state index in [0.717, 1.165) is 18.2 Å². The molecule has 2 nitrogen and oxygen atoms in total. The van der Waals surface area contributed by atoms with Crippen LogP contribution in [0.15, 0.2) is 30.3 Å². The maximum Gasteiger partial charge on any atom is 0.194 e. The summed E-state index contributed by atoms with van der Waals surface area (Å²) in [7, 11) is 0. The largest absolute Gasteiger partial charge is 0.389 e. The Kier molecular flexibility index (Phi) is 3.89. The van der Waals surface area contributed by atoms with Crippen LogP contribution in [0.2, 0.25) is 0 Å². The molecule has 0 bridgehead atoms. The number of halogens is 4. The lowest BCUT2D eigenvalue weighted by atomic mass is 10.1. The summed E-state index contributed by atoms with van der Waals surface area (Å²) in [5.41, 5.74) is 5.34. The van der Waals surface area contributed by atoms with Crippen molar-refractivity contribution in [2.24, 2.45) is 5.73 Å². The number of thiocarbonyl (C=S) groups is 1. The zero-order valence-corrected chi connectivity index (χ0v) is 10.7. The predicted octanol–water partition coefficient (Wildman–Crippen LogP) is 3.62. The molecule has 0 unspecified atom stereocenters. The molecule has 0 amide bonds. The quantitative estimate of drug-likeness (QED) is 0.516. The fraction of sp³-hybridized carbons (Fsp3) is 0. The minimum absolute atomic E-state index is 0.0901. The zero-order valence-electron chi connectivity index (χ0n) is 9.88. The molecule has 2 rings (SSSR count). The number of hydrogen-bond donors (Lipinski definition) is 2. The van der Waals surface area contributed by atoms with Gasteiger partial charge in [-0.15, -0.1) is 0 Å². The van der Waals surface area contributed by atoms with Crippen LogP contribution in [0, 0.1) is 23.3 Å². The van der Waals surface area contributed by atoms with Gasteiger partial charge in [0.2, 0.25) is 0 Å². The van der Waals surface area contributed by atoms with Crippen LogP contribution in [0.4, 0.5) is 28.9 Å². The SMILES string of the molecule is NC(=S)c1c(F)cccc1Nc1cc(F)c(F)c(F)c1. The topological polar surface area (TPSA) is 38.0 Å². The van der Waals surface area contributed by atoms with Crippen LogP contribution in [-0.4, -0.2) is 4.99 Å². The molecule has 0 aliphatic heterocycles. The van der Waals surface area contributed by atoms with Crippen molar-refractivity contribution in [3.05, 3.63) is 59.2 Å². The molecular formula is C13H8F4N2S. The Morgan fingerprint density at radius 3 is 2.15 bits per heavy atom. The van der Waals surface area contributed by atoms with Crippen molar-refractivity contribution in [1.29, 1.82) is 0 Å². The normalized spacial score (nSPS) is 10.4. The first-order chi connectivity index (χ1) is 9.40. The molecule has 0 aromatic heterocycles. The van der Waals surface area contributed by atoms with Gasteiger partial charge in [-0.05, 0) is 12.1 Å². The summed E-state index contributed by atoms with van der Waals surface area (Å²) in [6.45, 7) is 0. The summed E-state index contributed by atoms with van der Waals surface area (Å²) < 4.78 is 52.7. The number of benzene rings is 2. The Morgan fingerprint density at radius 1 is 1.00 bits per heavy atom. The van der Waals surface area contributed by atoms with Crippen LogP contribution in [0.1, 0.15) is 5.56 Å². The number of anilines is 2. The van der Waals surface area contributed by atoms with E-state index in [1.54, 1.807) is 0 Å². The minimum atomic E-state index is -1.58. The van der Waals surface area contributed by atoms with E-state index in [1.807, 2.05) is 0 Å². The van der Waals surface area contributed by atoms with Crippen molar-refractivity contribution in [2.75, 3.05) is 5.32 Å². The van der Waals surface area contributed by atoms with E-state index in [0.29, 0.717) is 0 Å². The van der Waals surface area contributed by atoms with Gasteiger partial charge in [0, 0.05) is 17.8 Å². The van der Waals surface area contributed by atoms with Gasteiger partial charge in [-0.2, -0.15) is 0 Å². The van der Waals surface area contributed by atoms with Crippen molar-refractivity contribution in [3.8, 4) is 0 Å². The molecule has 0 spiro atoms. The summed E-state index contributed by atoms with van der Waals surface area (Å²) in [5, 5.41) is 2.55. The number of hydrogen-bond acceptors (Lipinski definition) is 2. The highest BCUT2D eigenvalue weighted by molar-refractivity contribution is 7.80. The molecule has 7 heteroatoms. The number of nitrogens with two attached hydrogens (primary N) is 1. The fourth-order valence-electron chi connectivity index (χ4n) is 1.66. The van der Waals surface area contributed by atoms with E-state index in [1.165, 1.54) is 12.1 Å². The minimum Gasteiger partial charge on any atom is -0.389 e. The number of nitrogens with one attached hydrogen (secondary N) is 1. The molecule has 20 heavy (non-hydrogen) atoms. The Morgan fingerprint density at radius 2 is 1.60 bits per heavy atom. The van der Waals surface area contributed by atoms with Gasteiger partial charge >= 0.3 is 0 Å². The third-order valence-electron chi connectivity index (χ3n) is 2.52. The number of rotatable bonds is 3. The van der Waals surface area contributed by atoms with Crippen molar-refractivity contribution in [1.82, 2.24) is 0 Å². The van der Waals surface area contributed by atoms with Crippen LogP contribution < -0.4 is 11.1 Å². The van der Waals surface area contributed by atoms with Gasteiger partial charge in [0.1, 0.15) is 10.8 Å². The second-order valence-corrected chi connectivity index (χ2v) is 4.35. The highest BCUT2D eigenvalue weighted by Gasteiger charge is 2.14. The molecule has 0 saturated heterocycles. The van der Waals surface area contributed by atoms with Crippen molar-refractivity contribution in [3.63, 3.8) is 0 Å². The second kappa shape index (κ2) is 5.46. The molecule has 0 aliphatic rings. The van der Waals surface area contributed by atoms with Gasteiger partial charge in [0.25, 0.3) is 0 Å². The maximum absolute atomic E-state index is 13.6. The van der Waals surface area contributed by atoms with Crippen LogP contribution in [0.3, 0.4) is 0 Å². The first-order valence-electron chi connectivity index (χ1n) is 5.40. The van der Waals surface area contributed by atoms with E-state index >= 15 is 0 Å². The third-order valence-corrected chi connectivity index (χ3v) is 2.73. The summed E-state index contributed by atoms with van der Waals surface area (Å²) in [6, 6.07) is 5.43. The van der Waals surface area contributed by atoms with Gasteiger partial charge in [-0.3, -0.25) is 0 Å². The van der Waals surface area contributed by atoms with E-state index < -0.39 is 23.3 Å². The average molecular weight is 300 g/mol. The Bertz CT molecular complexity index is 665. The van der Waals surface area contributed by atoms with Crippen LogP contribution in [0.5, 0.6) is 0 Å². The lowest BCUT2D eigenvalue weighted by molar-refractivity contribution is 0.448. The standard InChI is InChI=1S/C13H8F4N2S/c14-7-2-1-3-10(11(7)13(18)20)19-6-4-8(15)12(17)9(16)5-6/h1-5,19H,(H2,18,20). The van der Waals surface area contributed by atoms with Crippen molar-refractivity contribution in [2.45, 2.75) is 0 Å². The molecule has 0 saturated carbocycles. The molecule has 0 aliphatic carbocycles. The first kappa shape index (κ1) is 14.3. The van der Waals surface area contributed by atoms with Gasteiger partial charge in [0.05, 0.1) is 11.3 Å². The summed E-state index contributed by atoms with van der Waals surface area (Å²) in [4.78, 5) is -0.214. The van der Waals surface area contributed by atoms with Gasteiger partial charge in [-0.1, -0.05) is 18.3 Å². The summed E-state index contributed by atoms with van der Waals surface area (Å²) in [5.74, 6) is -4.98. The van der Waals surface area contributed by atoms with Crippen molar-refractivity contribution >= 4 is 28.6 Å². The Balaban J connectivity index is 2.45. The highest BCUT2D eigenvalue weighted by Crippen LogP contribution is 2.25. The highest BCUT2D eigenvalue weighted by atomic mass is 32.1. The van der Waals surface area contributed by atoms with E-state index in [4.69, 9.17) is 18.0 Å². The smallest absolute Gasteiger partial charge is 0.194 e. The summed E-state index contributed by atoms with van der Waals surface area (Å²) >= 11 is 4.72. The van der Waals surface area contributed by atoms with E-state index in [9.17, 15) is 17.6 Å². The fourth-order valence-corrected chi connectivity index (χ4v) is 1.87. The Labute approximate surface area is 117 Å². The second-order valence-electron chi connectivity index (χ2n) is 3.91. The van der Waals surface area contributed by atoms with Gasteiger partial charge in [0.15, 0.2) is 17.5 Å². The predicted molar refractivity (Wildman–Crippen MR) is 71.9 cm³/mol. The third kappa shape index (κ3) is 2.72. The Hall–Kier alpha value is -2.15. The monoisotopic (exact) mass is 300 g/mol. The maximum atomic E-state index is 13.6. The van der Waals surface area contributed by atoms with Crippen LogP contribution >= 0.6 is 12.2 Å². The molecule has 0 atom stereocenters. The van der Waals surface area contributed by atoms with Gasteiger partial charge in [-0.25, -0.2) is 17.6 Å². The van der Waals surface area contributed by atoms with Crippen LogP contribution in [0.25, 0.3) is 0 Å². The molecule has 0 radical (unpaired) electrons. The summed E-state index contributed by atoms with van der Waals surface area (Å²) in [6.07, 6.45) is 0.